The third kappa shape index (κ3) is 4.75. The van der Waals surface area contributed by atoms with Crippen molar-refractivity contribution in [1.82, 2.24) is 4.57 Å². The second kappa shape index (κ2) is 12.7. The van der Waals surface area contributed by atoms with Crippen molar-refractivity contribution in [2.45, 2.75) is 50.9 Å². The third-order valence-corrected chi connectivity index (χ3v) is 17.9. The predicted molar refractivity (Wildman–Crippen MR) is 254 cm³/mol. The molecule has 2 nitrogen and oxygen atoms in total. The van der Waals surface area contributed by atoms with Gasteiger partial charge in [-0.1, -0.05) is 185 Å². The summed E-state index contributed by atoms with van der Waals surface area (Å²) >= 11 is 0. The summed E-state index contributed by atoms with van der Waals surface area (Å²) in [5, 5.41) is 4.97. The van der Waals surface area contributed by atoms with Crippen LogP contribution in [0.4, 0.5) is 0 Å². The lowest BCUT2D eigenvalue weighted by Crippen LogP contribution is -2.34. The van der Waals surface area contributed by atoms with Gasteiger partial charge in [0.05, 0.1) is 11.0 Å². The van der Waals surface area contributed by atoms with E-state index in [2.05, 4.69) is 178 Å². The number of para-hydroxylation sites is 1. The Labute approximate surface area is 352 Å². The summed E-state index contributed by atoms with van der Waals surface area (Å²) in [6, 6.07) is 54.6. The van der Waals surface area contributed by atoms with Gasteiger partial charge >= 0.3 is 0 Å². The van der Waals surface area contributed by atoms with Crippen molar-refractivity contribution < 1.29 is 4.57 Å². The zero-order chi connectivity index (χ0) is 40.5. The van der Waals surface area contributed by atoms with Gasteiger partial charge < -0.3 is 9.13 Å². The van der Waals surface area contributed by atoms with Gasteiger partial charge in [0, 0.05) is 37.8 Å². The first-order chi connectivity index (χ1) is 29.2. The quantitative estimate of drug-likeness (QED) is 0.163. The van der Waals surface area contributed by atoms with Crippen molar-refractivity contribution in [1.29, 1.82) is 0 Å². The predicted octanol–water partition coefficient (Wildman–Crippen LogP) is 13.4. The first-order valence-electron chi connectivity index (χ1n) is 21.5. The van der Waals surface area contributed by atoms with Crippen molar-refractivity contribution in [3.8, 4) is 27.9 Å². The average molecular weight is 792 g/mol. The zero-order valence-electron chi connectivity index (χ0n) is 34.5. The monoisotopic (exact) mass is 791 g/mol. The number of fused-ring (bicyclic) bond motifs is 11. The van der Waals surface area contributed by atoms with E-state index in [4.69, 9.17) is 0 Å². The second-order valence-corrected chi connectivity index (χ2v) is 20.9. The first kappa shape index (κ1) is 35.7. The molecule has 7 aromatic carbocycles. The van der Waals surface area contributed by atoms with Crippen molar-refractivity contribution in [2.75, 3.05) is 0 Å². The average Bonchev–Trinajstić information content (AvgIpc) is 3.82. The van der Waals surface area contributed by atoms with Crippen LogP contribution in [0.15, 0.2) is 176 Å². The molecule has 0 radical (unpaired) electrons. The minimum atomic E-state index is -3.16. The molecule has 2 heterocycles. The van der Waals surface area contributed by atoms with Gasteiger partial charge in [-0.3, -0.25) is 0 Å². The molecule has 290 valence electrons. The van der Waals surface area contributed by atoms with Gasteiger partial charge in [0.1, 0.15) is 0 Å². The molecule has 0 amide bonds. The van der Waals surface area contributed by atoms with Crippen LogP contribution in [-0.2, 0) is 15.4 Å². The normalized spacial score (nSPS) is 22.9. The van der Waals surface area contributed by atoms with Gasteiger partial charge in [-0.05, 0) is 104 Å². The molecule has 8 aromatic rings. The highest BCUT2D eigenvalue weighted by Gasteiger charge is 2.52. The maximum atomic E-state index is 15.8. The van der Waals surface area contributed by atoms with Gasteiger partial charge in [-0.25, -0.2) is 0 Å². The lowest BCUT2D eigenvalue weighted by Gasteiger charge is -2.38. The molecular weight excluding hydrogens is 746 g/mol. The Morgan fingerprint density at radius 3 is 2.25 bits per heavy atom. The number of hydrogen-bond acceptors (Lipinski definition) is 1. The Morgan fingerprint density at radius 1 is 0.650 bits per heavy atom. The number of nitrogens with zero attached hydrogens (tertiary/aromatic N) is 1. The van der Waals surface area contributed by atoms with E-state index in [-0.39, 0.29) is 10.8 Å². The molecular formula is C57H46NOP. The number of allylic oxidation sites excluding steroid dienone is 5. The van der Waals surface area contributed by atoms with Crippen LogP contribution in [0.25, 0.3) is 61.4 Å². The maximum Gasteiger partial charge on any atom is 0.172 e. The van der Waals surface area contributed by atoms with Crippen LogP contribution in [-0.4, -0.2) is 4.57 Å². The maximum absolute atomic E-state index is 15.8. The molecule has 0 N–H and O–H groups in total. The van der Waals surface area contributed by atoms with Gasteiger partial charge in [-0.2, -0.15) is 0 Å². The highest BCUT2D eigenvalue weighted by atomic mass is 31.2. The zero-order valence-corrected chi connectivity index (χ0v) is 35.4. The molecule has 12 rings (SSSR count). The Bertz CT molecular complexity index is 3270. The van der Waals surface area contributed by atoms with Gasteiger partial charge in [0.15, 0.2) is 7.14 Å². The molecule has 4 unspecified atom stereocenters. The molecule has 0 spiro atoms. The van der Waals surface area contributed by atoms with E-state index in [1.165, 1.54) is 44.5 Å². The Morgan fingerprint density at radius 2 is 1.40 bits per heavy atom. The topological polar surface area (TPSA) is 22.0 Å². The fraction of sp³-hybridized carbons (Fsp3) is 0.158. The SMILES string of the molecule is CC1CC=Cc2c(C3=CC4C(C)(C)c5cc(-c6ccc(-n7c8ccccc8c8c9c(ccc87)-c7ccccc7P9(=O)c7ccccc7)cc6)ccc5C4(C)C=C3)cccc21. The molecule has 3 aliphatic carbocycles. The highest BCUT2D eigenvalue weighted by molar-refractivity contribution is 7.86. The summed E-state index contributed by atoms with van der Waals surface area (Å²) < 4.78 is 18.2. The molecule has 0 fully saturated rings. The van der Waals surface area contributed by atoms with Crippen molar-refractivity contribution in [3.63, 3.8) is 0 Å². The lowest BCUT2D eigenvalue weighted by molar-refractivity contribution is 0.325. The smallest absolute Gasteiger partial charge is 0.172 e. The first-order valence-corrected chi connectivity index (χ1v) is 23.2. The van der Waals surface area contributed by atoms with E-state index in [0.717, 1.165) is 61.0 Å². The number of hydrogen-bond donors (Lipinski definition) is 0. The Kier molecular flexibility index (Phi) is 7.53. The molecule has 4 atom stereocenters. The minimum Gasteiger partial charge on any atom is -0.309 e. The van der Waals surface area contributed by atoms with E-state index in [9.17, 15) is 0 Å². The molecule has 0 bridgehead atoms. The Balaban J connectivity index is 0.944. The van der Waals surface area contributed by atoms with E-state index < -0.39 is 7.14 Å². The molecule has 1 aliphatic heterocycles. The van der Waals surface area contributed by atoms with Crippen LogP contribution in [0.5, 0.6) is 0 Å². The minimum absolute atomic E-state index is 0.0594. The van der Waals surface area contributed by atoms with Crippen molar-refractivity contribution >= 4 is 56.5 Å². The lowest BCUT2D eigenvalue weighted by atomic mass is 9.65. The fourth-order valence-corrected chi connectivity index (χ4v) is 15.0. The van der Waals surface area contributed by atoms with Crippen LogP contribution >= 0.6 is 7.14 Å². The highest BCUT2D eigenvalue weighted by Crippen LogP contribution is 2.59. The summed E-state index contributed by atoms with van der Waals surface area (Å²) in [5.74, 6) is 0.879. The summed E-state index contributed by atoms with van der Waals surface area (Å²) in [7, 11) is -3.16. The molecule has 0 saturated carbocycles. The summed E-state index contributed by atoms with van der Waals surface area (Å²) in [6.07, 6.45) is 13.2. The van der Waals surface area contributed by atoms with Crippen LogP contribution in [0.2, 0.25) is 0 Å². The number of aromatic nitrogens is 1. The van der Waals surface area contributed by atoms with Crippen LogP contribution in [0, 0.1) is 5.92 Å². The molecule has 1 aromatic heterocycles. The Hall–Kier alpha value is -6.21. The molecule has 0 saturated heterocycles. The van der Waals surface area contributed by atoms with Crippen LogP contribution in [0.3, 0.4) is 0 Å². The van der Waals surface area contributed by atoms with Gasteiger partial charge in [0.25, 0.3) is 0 Å². The van der Waals surface area contributed by atoms with E-state index in [1.54, 1.807) is 0 Å². The number of rotatable bonds is 4. The van der Waals surface area contributed by atoms with E-state index in [0.29, 0.717) is 11.8 Å². The van der Waals surface area contributed by atoms with Gasteiger partial charge in [0.2, 0.25) is 0 Å². The van der Waals surface area contributed by atoms with E-state index >= 15 is 4.57 Å². The van der Waals surface area contributed by atoms with Crippen molar-refractivity contribution in [3.05, 3.63) is 204 Å². The van der Waals surface area contributed by atoms with Crippen molar-refractivity contribution in [2.24, 2.45) is 5.92 Å². The summed E-state index contributed by atoms with van der Waals surface area (Å²) in [4.78, 5) is 0. The summed E-state index contributed by atoms with van der Waals surface area (Å²) in [6.45, 7) is 9.66. The van der Waals surface area contributed by atoms with Crippen LogP contribution in [0.1, 0.15) is 67.9 Å². The fourth-order valence-electron chi connectivity index (χ4n) is 11.7. The molecule has 4 aliphatic rings. The number of benzene rings is 7. The third-order valence-electron chi connectivity index (χ3n) is 14.7. The molecule has 3 heteroatoms. The van der Waals surface area contributed by atoms with Crippen LogP contribution < -0.4 is 15.9 Å². The second-order valence-electron chi connectivity index (χ2n) is 18.3. The van der Waals surface area contributed by atoms with E-state index in [1.807, 2.05) is 36.4 Å². The van der Waals surface area contributed by atoms with Gasteiger partial charge in [-0.15, -0.1) is 0 Å². The largest absolute Gasteiger partial charge is 0.309 e. The standard InChI is InChI=1S/C57H46NOP/c1-36-14-12-21-44-42(36)19-13-20-43(44)39-32-33-57(4)48-30-26-38(34-49(48)56(2,3)53(57)35-39)37-24-27-40(28-25-37)58-50-22-10-8-18-47(50)54-51(58)31-29-46-45-17-9-11-23-52(45)60(59,55(46)54)41-15-6-5-7-16-41/h5-13,15-36,53H,14H2,1-4H3. The summed E-state index contributed by atoms with van der Waals surface area (Å²) in [5.41, 5.74) is 16.1. The molecule has 60 heavy (non-hydrogen) atoms.